The van der Waals surface area contributed by atoms with Crippen LogP contribution >= 0.6 is 11.3 Å². The maximum Gasteiger partial charge on any atom is 0.0726 e. The monoisotopic (exact) mass is 893 g/mol. The maximum atomic E-state index is 2.52. The molecule has 14 rings (SSSR count). The summed E-state index contributed by atoms with van der Waals surface area (Å²) in [5, 5.41) is 2.59. The average molecular weight is 894 g/mol. The quantitative estimate of drug-likeness (QED) is 0.154. The number of fused-ring (bicyclic) bond motifs is 13. The molecule has 12 aromatic rings. The summed E-state index contributed by atoms with van der Waals surface area (Å²) in [6.45, 7) is 0. The summed E-state index contributed by atoms with van der Waals surface area (Å²) in [7, 11) is 0. The van der Waals surface area contributed by atoms with Crippen molar-refractivity contribution >= 4 is 48.6 Å². The van der Waals surface area contributed by atoms with E-state index in [4.69, 9.17) is 0 Å². The second-order valence-electron chi connectivity index (χ2n) is 18.3. The van der Waals surface area contributed by atoms with Crippen LogP contribution in [0.3, 0.4) is 0 Å². The molecule has 2 aliphatic rings. The third-order valence-electron chi connectivity index (χ3n) is 14.7. The number of hydrogen-bond donors (Lipinski definition) is 0. The predicted molar refractivity (Wildman–Crippen MR) is 292 cm³/mol. The van der Waals surface area contributed by atoms with Crippen LogP contribution in [0.15, 0.2) is 261 Å². The zero-order chi connectivity index (χ0) is 45.5. The van der Waals surface area contributed by atoms with Crippen molar-refractivity contribution < 1.29 is 0 Å². The van der Waals surface area contributed by atoms with E-state index < -0.39 is 5.41 Å². The molecule has 11 aromatic carbocycles. The molecule has 1 aromatic heterocycles. The Labute approximate surface area is 406 Å². The number of hydrogen-bond acceptors (Lipinski definition) is 2. The Morgan fingerprint density at radius 2 is 0.739 bits per heavy atom. The molecule has 0 saturated heterocycles. The van der Waals surface area contributed by atoms with Gasteiger partial charge in [0.2, 0.25) is 0 Å². The highest BCUT2D eigenvalue weighted by Gasteiger charge is 2.51. The first-order valence-electron chi connectivity index (χ1n) is 23.8. The summed E-state index contributed by atoms with van der Waals surface area (Å²) in [4.78, 5) is 2.52. The van der Waals surface area contributed by atoms with Crippen molar-refractivity contribution in [1.29, 1.82) is 0 Å². The lowest BCUT2D eigenvalue weighted by Crippen LogP contribution is -2.26. The van der Waals surface area contributed by atoms with Crippen LogP contribution in [-0.4, -0.2) is 0 Å². The highest BCUT2D eigenvalue weighted by atomic mass is 32.1. The van der Waals surface area contributed by atoms with Gasteiger partial charge in [0.25, 0.3) is 0 Å². The Hall–Kier alpha value is -8.56. The Bertz CT molecular complexity index is 3850. The van der Waals surface area contributed by atoms with Crippen molar-refractivity contribution in [2.75, 3.05) is 4.90 Å². The van der Waals surface area contributed by atoms with Crippen molar-refractivity contribution in [1.82, 2.24) is 0 Å². The van der Waals surface area contributed by atoms with Gasteiger partial charge in [-0.1, -0.05) is 200 Å². The number of anilines is 3. The molecule has 322 valence electrons. The largest absolute Gasteiger partial charge is 0.310 e. The third kappa shape index (κ3) is 6.09. The SMILES string of the molecule is c1ccc(-c2cc(-c3ccccc3)cc(-c3cccc(N(c4ccc5c(c4)C4(c6ccccc6-c6ccccc64)c4ccccc4-5)c4ccccc4-c4cccc5sc6ccccc6c45)c3)c2)cc1. The van der Waals surface area contributed by atoms with Crippen molar-refractivity contribution in [3.63, 3.8) is 0 Å². The lowest BCUT2D eigenvalue weighted by atomic mass is 9.70. The van der Waals surface area contributed by atoms with Crippen LogP contribution in [0.4, 0.5) is 17.1 Å². The van der Waals surface area contributed by atoms with Crippen molar-refractivity contribution in [3.8, 4) is 66.8 Å². The molecule has 0 aliphatic heterocycles. The van der Waals surface area contributed by atoms with Crippen LogP contribution in [0.25, 0.3) is 86.9 Å². The Morgan fingerprint density at radius 3 is 1.39 bits per heavy atom. The van der Waals surface area contributed by atoms with Crippen LogP contribution in [0.2, 0.25) is 0 Å². The molecule has 0 amide bonds. The number of benzene rings is 11. The molecule has 0 radical (unpaired) electrons. The van der Waals surface area contributed by atoms with E-state index in [0.29, 0.717) is 0 Å². The van der Waals surface area contributed by atoms with Gasteiger partial charge < -0.3 is 4.90 Å². The number of thiophene rings is 1. The van der Waals surface area contributed by atoms with E-state index >= 15 is 0 Å². The van der Waals surface area contributed by atoms with Gasteiger partial charge in [0.05, 0.1) is 11.1 Å². The van der Waals surface area contributed by atoms with E-state index in [0.717, 1.165) is 22.6 Å². The van der Waals surface area contributed by atoms with Gasteiger partial charge in [-0.3, -0.25) is 0 Å². The fraction of sp³-hybridized carbons (Fsp3) is 0.0149. The zero-order valence-electron chi connectivity index (χ0n) is 37.7. The maximum absolute atomic E-state index is 2.52. The van der Waals surface area contributed by atoms with Crippen LogP contribution in [0, 0.1) is 0 Å². The van der Waals surface area contributed by atoms with Gasteiger partial charge in [-0.2, -0.15) is 0 Å². The molecule has 0 bridgehead atoms. The van der Waals surface area contributed by atoms with Gasteiger partial charge in [-0.15, -0.1) is 11.3 Å². The first kappa shape index (κ1) is 39.6. The van der Waals surface area contributed by atoms with Gasteiger partial charge >= 0.3 is 0 Å². The Morgan fingerprint density at radius 1 is 0.275 bits per heavy atom. The summed E-state index contributed by atoms with van der Waals surface area (Å²) in [5.41, 5.74) is 22.9. The summed E-state index contributed by atoms with van der Waals surface area (Å²) < 4.78 is 2.59. The molecule has 1 spiro atoms. The molecule has 69 heavy (non-hydrogen) atoms. The van der Waals surface area contributed by atoms with E-state index in [1.165, 1.54) is 104 Å². The molecule has 0 fully saturated rings. The van der Waals surface area contributed by atoms with Gasteiger partial charge in [0.1, 0.15) is 0 Å². The van der Waals surface area contributed by atoms with E-state index in [1.807, 2.05) is 11.3 Å². The molecule has 0 atom stereocenters. The molecule has 0 N–H and O–H groups in total. The lowest BCUT2D eigenvalue weighted by molar-refractivity contribution is 0.793. The molecule has 1 nitrogen and oxygen atoms in total. The fourth-order valence-electron chi connectivity index (χ4n) is 11.8. The molecular weight excluding hydrogens is 851 g/mol. The summed E-state index contributed by atoms with van der Waals surface area (Å²) in [6.07, 6.45) is 0. The van der Waals surface area contributed by atoms with Gasteiger partial charge in [-0.05, 0) is 144 Å². The topological polar surface area (TPSA) is 3.24 Å². The predicted octanol–water partition coefficient (Wildman–Crippen LogP) is 18.5. The van der Waals surface area contributed by atoms with E-state index in [1.54, 1.807) is 0 Å². The van der Waals surface area contributed by atoms with Gasteiger partial charge in [-0.25, -0.2) is 0 Å². The second-order valence-corrected chi connectivity index (χ2v) is 19.4. The number of rotatable bonds is 7. The highest BCUT2D eigenvalue weighted by Crippen LogP contribution is 2.63. The van der Waals surface area contributed by atoms with Crippen molar-refractivity contribution in [3.05, 3.63) is 283 Å². The van der Waals surface area contributed by atoms with Crippen LogP contribution in [-0.2, 0) is 5.41 Å². The molecule has 2 aliphatic carbocycles. The third-order valence-corrected chi connectivity index (χ3v) is 15.8. The van der Waals surface area contributed by atoms with E-state index in [9.17, 15) is 0 Å². The standard InChI is InChI=1S/C67H43NS/c1-3-19-44(20-4-1)47-39-48(45-21-5-2-6-22-45)41-49(40-47)46-23-17-24-50(42-46)68(63-34-15-10-28-56(63)57-30-18-36-65-66(57)58-29-11-16-35-64(58)69-65)51-37-38-55-54-27-9-14-33-61(54)67(62(55)43-51)59-31-12-7-25-52(59)53-26-8-13-32-60(53)67/h1-43H. The van der Waals surface area contributed by atoms with E-state index in [-0.39, 0.29) is 0 Å². The van der Waals surface area contributed by atoms with Crippen LogP contribution in [0.1, 0.15) is 22.3 Å². The minimum atomic E-state index is -0.477. The highest BCUT2D eigenvalue weighted by molar-refractivity contribution is 7.25. The molecule has 1 heterocycles. The molecule has 0 saturated carbocycles. The lowest BCUT2D eigenvalue weighted by Gasteiger charge is -2.33. The number of para-hydroxylation sites is 1. The average Bonchev–Trinajstić information content (AvgIpc) is 4.06. The van der Waals surface area contributed by atoms with Gasteiger partial charge in [0.15, 0.2) is 0 Å². The number of nitrogens with zero attached hydrogens (tertiary/aromatic N) is 1. The fourth-order valence-corrected chi connectivity index (χ4v) is 12.9. The molecular formula is C67H43NS. The second kappa shape index (κ2) is 15.8. The van der Waals surface area contributed by atoms with Gasteiger partial charge in [0, 0.05) is 37.1 Å². The molecule has 2 heteroatoms. The summed E-state index contributed by atoms with van der Waals surface area (Å²) in [5.74, 6) is 0. The summed E-state index contributed by atoms with van der Waals surface area (Å²) in [6, 6.07) is 97.0. The van der Waals surface area contributed by atoms with Crippen LogP contribution in [0.5, 0.6) is 0 Å². The Kier molecular flexibility index (Phi) is 9.05. The first-order valence-corrected chi connectivity index (χ1v) is 24.6. The normalized spacial score (nSPS) is 12.8. The van der Waals surface area contributed by atoms with Crippen molar-refractivity contribution in [2.45, 2.75) is 5.41 Å². The minimum absolute atomic E-state index is 0.477. The van der Waals surface area contributed by atoms with E-state index in [2.05, 4.69) is 266 Å². The smallest absolute Gasteiger partial charge is 0.0726 e. The van der Waals surface area contributed by atoms with Crippen LogP contribution < -0.4 is 4.90 Å². The minimum Gasteiger partial charge on any atom is -0.310 e. The molecule has 0 unspecified atom stereocenters. The summed E-state index contributed by atoms with van der Waals surface area (Å²) >= 11 is 1.87. The zero-order valence-corrected chi connectivity index (χ0v) is 38.5. The first-order chi connectivity index (χ1) is 34.2. The Balaban J connectivity index is 1.03. The van der Waals surface area contributed by atoms with Crippen molar-refractivity contribution in [2.24, 2.45) is 0 Å².